The summed E-state index contributed by atoms with van der Waals surface area (Å²) in [6.45, 7) is 2.14. The van der Waals surface area contributed by atoms with Gasteiger partial charge in [-0.1, -0.05) is 25.1 Å². The number of hydrogen-bond acceptors (Lipinski definition) is 5. The van der Waals surface area contributed by atoms with Crippen molar-refractivity contribution in [3.05, 3.63) is 41.0 Å². The van der Waals surface area contributed by atoms with Crippen molar-refractivity contribution >= 4 is 28.3 Å². The monoisotopic (exact) mass is 317 g/mol. The van der Waals surface area contributed by atoms with E-state index in [0.29, 0.717) is 17.0 Å². The van der Waals surface area contributed by atoms with E-state index >= 15 is 0 Å². The van der Waals surface area contributed by atoms with E-state index < -0.39 is 0 Å². The van der Waals surface area contributed by atoms with Crippen LogP contribution in [0.3, 0.4) is 0 Å². The number of hydrogen-bond donors (Lipinski definition) is 1. The van der Waals surface area contributed by atoms with Crippen LogP contribution in [0.2, 0.25) is 0 Å². The summed E-state index contributed by atoms with van der Waals surface area (Å²) in [6, 6.07) is 6.43. The van der Waals surface area contributed by atoms with Crippen LogP contribution < -0.4 is 4.90 Å². The molecule has 6 nitrogen and oxygen atoms in total. The number of phenolic OH excluding ortho intramolecular Hbond substituents is 1. The lowest BCUT2D eigenvalue weighted by molar-refractivity contribution is -0.116. The van der Waals surface area contributed by atoms with Crippen LogP contribution in [0.1, 0.15) is 18.2 Å². The average Bonchev–Trinajstić information content (AvgIpc) is 3.06. The van der Waals surface area contributed by atoms with E-state index in [-0.39, 0.29) is 30.8 Å². The minimum absolute atomic E-state index is 0.00816. The minimum Gasteiger partial charge on any atom is -0.508 e. The second-order valence-corrected chi connectivity index (χ2v) is 5.79. The molecule has 1 aromatic carbocycles. The van der Waals surface area contributed by atoms with Crippen LogP contribution in [-0.2, 0) is 17.8 Å². The Labute approximate surface area is 131 Å². The number of thiazole rings is 1. The third-order valence-corrected chi connectivity index (χ3v) is 4.40. The van der Waals surface area contributed by atoms with Gasteiger partial charge in [-0.2, -0.15) is 0 Å². The lowest BCUT2D eigenvalue weighted by Crippen LogP contribution is -2.32. The predicted octanol–water partition coefficient (Wildman–Crippen LogP) is 2.38. The number of carbonyl (C=O) groups is 2. The summed E-state index contributed by atoms with van der Waals surface area (Å²) in [5, 5.41) is 10.4. The fourth-order valence-electron chi connectivity index (χ4n) is 2.41. The Morgan fingerprint density at radius 1 is 1.32 bits per heavy atom. The van der Waals surface area contributed by atoms with Crippen LogP contribution in [-0.4, -0.2) is 33.5 Å². The highest BCUT2D eigenvalue weighted by molar-refractivity contribution is 7.14. The molecule has 0 radical (unpaired) electrons. The van der Waals surface area contributed by atoms with Gasteiger partial charge < -0.3 is 10.0 Å². The Bertz CT molecular complexity index is 728. The first-order valence-corrected chi connectivity index (χ1v) is 7.81. The highest BCUT2D eigenvalue weighted by Crippen LogP contribution is 2.30. The number of para-hydroxylation sites is 1. The van der Waals surface area contributed by atoms with E-state index in [1.165, 1.54) is 21.1 Å². The molecule has 1 aromatic heterocycles. The maximum Gasteiger partial charge on any atom is 0.332 e. The number of benzene rings is 1. The summed E-state index contributed by atoms with van der Waals surface area (Å²) < 4.78 is 0. The number of carbonyl (C=O) groups excluding carboxylic acids is 2. The summed E-state index contributed by atoms with van der Waals surface area (Å²) in [7, 11) is 0. The number of rotatable bonds is 4. The molecule has 2 aromatic rings. The van der Waals surface area contributed by atoms with Gasteiger partial charge in [0.1, 0.15) is 17.3 Å². The summed E-state index contributed by atoms with van der Waals surface area (Å²) in [4.78, 5) is 31.5. The first-order chi connectivity index (χ1) is 10.6. The predicted molar refractivity (Wildman–Crippen MR) is 82.9 cm³/mol. The summed E-state index contributed by atoms with van der Waals surface area (Å²) in [5.41, 5.74) is 3.00. The van der Waals surface area contributed by atoms with Gasteiger partial charge in [0.25, 0.3) is 5.91 Å². The molecule has 3 rings (SSSR count). The minimum atomic E-state index is -0.368. The molecule has 22 heavy (non-hydrogen) atoms. The van der Waals surface area contributed by atoms with Crippen molar-refractivity contribution in [1.29, 1.82) is 0 Å². The standard InChI is InChI=1S/C15H15N3O3S/c1-2-11-14(22-9-16-11)18-13(20)8-17(15(18)21)7-10-5-3-4-6-12(10)19/h3-6,9,19H,2,7-8H2,1H3. The number of imide groups is 1. The number of urea groups is 1. The fourth-order valence-corrected chi connectivity index (χ4v) is 3.31. The van der Waals surface area contributed by atoms with Gasteiger partial charge in [-0.15, -0.1) is 11.3 Å². The average molecular weight is 317 g/mol. The Kier molecular flexibility index (Phi) is 3.81. The van der Waals surface area contributed by atoms with Gasteiger partial charge in [-0.25, -0.2) is 14.7 Å². The second kappa shape index (κ2) is 5.76. The third kappa shape index (κ3) is 2.43. The maximum absolute atomic E-state index is 12.5. The van der Waals surface area contributed by atoms with Crippen LogP contribution in [0.5, 0.6) is 5.75 Å². The molecule has 1 saturated heterocycles. The van der Waals surface area contributed by atoms with Crippen LogP contribution in [0, 0.1) is 0 Å². The van der Waals surface area contributed by atoms with Crippen molar-refractivity contribution in [1.82, 2.24) is 9.88 Å². The third-order valence-electron chi connectivity index (χ3n) is 3.55. The molecule has 1 aliphatic rings. The lowest BCUT2D eigenvalue weighted by atomic mass is 10.2. The molecule has 114 valence electrons. The van der Waals surface area contributed by atoms with Gasteiger partial charge in [-0.3, -0.25) is 4.79 Å². The molecule has 7 heteroatoms. The number of aryl methyl sites for hydroxylation is 1. The molecule has 2 heterocycles. The van der Waals surface area contributed by atoms with Crippen LogP contribution >= 0.6 is 11.3 Å². The molecule has 1 N–H and O–H groups in total. The molecular formula is C15H15N3O3S. The van der Waals surface area contributed by atoms with Crippen molar-refractivity contribution in [2.24, 2.45) is 0 Å². The van der Waals surface area contributed by atoms with Gasteiger partial charge in [-0.05, 0) is 12.5 Å². The second-order valence-electron chi connectivity index (χ2n) is 4.95. The zero-order valence-electron chi connectivity index (χ0n) is 12.0. The fraction of sp³-hybridized carbons (Fsp3) is 0.267. The van der Waals surface area contributed by atoms with E-state index in [4.69, 9.17) is 0 Å². The zero-order valence-corrected chi connectivity index (χ0v) is 12.8. The number of aromatic nitrogens is 1. The number of nitrogens with zero attached hydrogens (tertiary/aromatic N) is 3. The zero-order chi connectivity index (χ0) is 15.7. The molecule has 0 atom stereocenters. The largest absolute Gasteiger partial charge is 0.508 e. The quantitative estimate of drug-likeness (QED) is 0.879. The van der Waals surface area contributed by atoms with Crippen LogP contribution in [0.15, 0.2) is 29.8 Å². The number of anilines is 1. The number of phenols is 1. The van der Waals surface area contributed by atoms with Crippen molar-refractivity contribution in [2.45, 2.75) is 19.9 Å². The van der Waals surface area contributed by atoms with Gasteiger partial charge in [0.15, 0.2) is 0 Å². The van der Waals surface area contributed by atoms with E-state index in [1.54, 1.807) is 29.8 Å². The summed E-state index contributed by atoms with van der Waals surface area (Å²) >= 11 is 1.29. The Balaban J connectivity index is 1.84. The Morgan fingerprint density at radius 3 is 2.82 bits per heavy atom. The van der Waals surface area contributed by atoms with Gasteiger partial charge in [0.05, 0.1) is 17.7 Å². The first-order valence-electron chi connectivity index (χ1n) is 6.93. The van der Waals surface area contributed by atoms with E-state index in [0.717, 1.165) is 5.69 Å². The Morgan fingerprint density at radius 2 is 2.09 bits per heavy atom. The molecule has 0 saturated carbocycles. The van der Waals surface area contributed by atoms with Crippen molar-refractivity contribution in [2.75, 3.05) is 11.4 Å². The number of amides is 3. The van der Waals surface area contributed by atoms with Gasteiger partial charge in [0.2, 0.25) is 0 Å². The molecular weight excluding hydrogens is 302 g/mol. The lowest BCUT2D eigenvalue weighted by Gasteiger charge is -2.17. The first kappa shape index (κ1) is 14.5. The normalized spacial score (nSPS) is 15.0. The Hall–Kier alpha value is -2.41. The summed E-state index contributed by atoms with van der Waals surface area (Å²) in [5.74, 6) is -0.146. The number of aromatic hydroxyl groups is 1. The van der Waals surface area contributed by atoms with Gasteiger partial charge >= 0.3 is 6.03 Å². The van der Waals surface area contributed by atoms with Crippen molar-refractivity contribution in [3.63, 3.8) is 0 Å². The molecule has 1 fully saturated rings. The molecule has 0 aliphatic carbocycles. The SMILES string of the molecule is CCc1ncsc1N1C(=O)CN(Cc2ccccc2O)C1=O. The maximum atomic E-state index is 12.5. The molecule has 0 spiro atoms. The van der Waals surface area contributed by atoms with Crippen LogP contribution in [0.4, 0.5) is 9.80 Å². The van der Waals surface area contributed by atoms with E-state index in [1.807, 2.05) is 6.92 Å². The van der Waals surface area contributed by atoms with E-state index in [9.17, 15) is 14.7 Å². The van der Waals surface area contributed by atoms with Crippen LogP contribution in [0.25, 0.3) is 0 Å². The van der Waals surface area contributed by atoms with Crippen molar-refractivity contribution < 1.29 is 14.7 Å². The topological polar surface area (TPSA) is 73.7 Å². The smallest absolute Gasteiger partial charge is 0.332 e. The highest BCUT2D eigenvalue weighted by atomic mass is 32.1. The molecule has 3 amide bonds. The molecule has 0 bridgehead atoms. The summed E-state index contributed by atoms with van der Waals surface area (Å²) in [6.07, 6.45) is 0.662. The molecule has 0 unspecified atom stereocenters. The highest BCUT2D eigenvalue weighted by Gasteiger charge is 2.39. The van der Waals surface area contributed by atoms with Crippen molar-refractivity contribution in [3.8, 4) is 5.75 Å². The molecule has 1 aliphatic heterocycles. The van der Waals surface area contributed by atoms with Gasteiger partial charge in [0, 0.05) is 5.56 Å². The van der Waals surface area contributed by atoms with E-state index in [2.05, 4.69) is 4.98 Å².